The number of hydrogen-bond donors (Lipinski definition) is 1. The predicted molar refractivity (Wildman–Crippen MR) is 75.4 cm³/mol. The summed E-state index contributed by atoms with van der Waals surface area (Å²) in [5.74, 6) is 0.924. The van der Waals surface area contributed by atoms with E-state index < -0.39 is 0 Å². The van der Waals surface area contributed by atoms with E-state index in [4.69, 9.17) is 11.6 Å². The Morgan fingerprint density at radius 3 is 2.74 bits per heavy atom. The Labute approximate surface area is 115 Å². The third-order valence-corrected chi connectivity index (χ3v) is 3.10. The predicted octanol–water partition coefficient (Wildman–Crippen LogP) is 3.21. The van der Waals surface area contributed by atoms with Gasteiger partial charge in [0.1, 0.15) is 5.82 Å². The average molecular weight is 273 g/mol. The first kappa shape index (κ1) is 12.1. The van der Waals surface area contributed by atoms with Crippen molar-refractivity contribution in [1.82, 2.24) is 19.9 Å². The smallest absolute Gasteiger partial charge is 0.222 e. The molecule has 0 aliphatic heterocycles. The van der Waals surface area contributed by atoms with Crippen LogP contribution in [0, 0.1) is 13.8 Å². The largest absolute Gasteiger partial charge is 0.342 e. The molecule has 2 heterocycles. The third kappa shape index (κ3) is 2.58. The van der Waals surface area contributed by atoms with Crippen molar-refractivity contribution in [1.29, 1.82) is 0 Å². The molecule has 4 nitrogen and oxygen atoms in total. The van der Waals surface area contributed by atoms with Crippen molar-refractivity contribution in [2.45, 2.75) is 20.3 Å². The monoisotopic (exact) mass is 272 g/mol. The van der Waals surface area contributed by atoms with Gasteiger partial charge in [0, 0.05) is 17.8 Å². The third-order valence-electron chi connectivity index (χ3n) is 2.93. The maximum Gasteiger partial charge on any atom is 0.222 e. The molecule has 0 spiro atoms. The summed E-state index contributed by atoms with van der Waals surface area (Å²) in [6.45, 7) is 3.87. The van der Waals surface area contributed by atoms with Crippen molar-refractivity contribution in [3.05, 3.63) is 52.3 Å². The standard InChI is InChI=1S/C14H13ClN4/c1-8-5-11(19-14(15)16-8)6-10-3-4-12-13(7-10)18-9(2)17-12/h3-5,7H,6H2,1-2H3,(H,17,18). The summed E-state index contributed by atoms with van der Waals surface area (Å²) in [5, 5.41) is 0.300. The molecule has 0 radical (unpaired) electrons. The van der Waals surface area contributed by atoms with Gasteiger partial charge in [-0.05, 0) is 49.2 Å². The molecule has 3 aromatic rings. The maximum absolute atomic E-state index is 5.88. The molecule has 0 aliphatic rings. The summed E-state index contributed by atoms with van der Waals surface area (Å²) in [6, 6.07) is 8.13. The number of aromatic amines is 1. The number of H-pyrrole nitrogens is 1. The lowest BCUT2D eigenvalue weighted by atomic mass is 10.1. The SMILES string of the molecule is Cc1cc(Cc2ccc3nc(C)[nH]c3c2)nc(Cl)n1. The molecule has 1 aromatic carbocycles. The van der Waals surface area contributed by atoms with Gasteiger partial charge in [0.2, 0.25) is 5.28 Å². The normalized spacial score (nSPS) is 11.1. The highest BCUT2D eigenvalue weighted by Gasteiger charge is 2.04. The molecule has 1 N–H and O–H groups in total. The minimum Gasteiger partial charge on any atom is -0.342 e. The number of nitrogens with zero attached hydrogens (tertiary/aromatic N) is 3. The number of aromatic nitrogens is 4. The van der Waals surface area contributed by atoms with Gasteiger partial charge in [-0.25, -0.2) is 15.0 Å². The summed E-state index contributed by atoms with van der Waals surface area (Å²) < 4.78 is 0. The van der Waals surface area contributed by atoms with Gasteiger partial charge >= 0.3 is 0 Å². The summed E-state index contributed by atoms with van der Waals surface area (Å²) in [5.41, 5.74) is 5.01. The highest BCUT2D eigenvalue weighted by Crippen LogP contribution is 2.16. The molecular formula is C14H13ClN4. The number of halogens is 1. The molecule has 19 heavy (non-hydrogen) atoms. The number of fused-ring (bicyclic) bond motifs is 1. The lowest BCUT2D eigenvalue weighted by molar-refractivity contribution is 1.00. The molecule has 2 aromatic heterocycles. The summed E-state index contributed by atoms with van der Waals surface area (Å²) >= 11 is 5.88. The van der Waals surface area contributed by atoms with Crippen molar-refractivity contribution in [2.24, 2.45) is 0 Å². The maximum atomic E-state index is 5.88. The van der Waals surface area contributed by atoms with Crippen LogP contribution in [-0.4, -0.2) is 19.9 Å². The lowest BCUT2D eigenvalue weighted by Gasteiger charge is -2.03. The second-order valence-corrected chi connectivity index (χ2v) is 4.96. The molecule has 0 saturated heterocycles. The van der Waals surface area contributed by atoms with Crippen LogP contribution in [0.1, 0.15) is 22.8 Å². The molecule has 0 fully saturated rings. The fraction of sp³-hybridized carbons (Fsp3) is 0.214. The van der Waals surface area contributed by atoms with Crippen molar-refractivity contribution in [3.63, 3.8) is 0 Å². The fourth-order valence-corrected chi connectivity index (χ4v) is 2.43. The van der Waals surface area contributed by atoms with Gasteiger partial charge in [-0.3, -0.25) is 0 Å². The van der Waals surface area contributed by atoms with Gasteiger partial charge in [-0.1, -0.05) is 6.07 Å². The second kappa shape index (κ2) is 4.63. The van der Waals surface area contributed by atoms with Crippen LogP contribution in [0.25, 0.3) is 11.0 Å². The molecule has 0 unspecified atom stereocenters. The molecule has 0 saturated carbocycles. The van der Waals surface area contributed by atoms with Crippen LogP contribution < -0.4 is 0 Å². The Morgan fingerprint density at radius 2 is 1.95 bits per heavy atom. The first-order chi connectivity index (χ1) is 9.10. The van der Waals surface area contributed by atoms with Crippen LogP contribution in [0.15, 0.2) is 24.3 Å². The highest BCUT2D eigenvalue weighted by atomic mass is 35.5. The first-order valence-electron chi connectivity index (χ1n) is 6.05. The number of nitrogens with one attached hydrogen (secondary N) is 1. The van der Waals surface area contributed by atoms with E-state index in [0.29, 0.717) is 5.28 Å². The van der Waals surface area contributed by atoms with Crippen LogP contribution in [0.3, 0.4) is 0 Å². The van der Waals surface area contributed by atoms with Crippen molar-refractivity contribution >= 4 is 22.6 Å². The molecule has 5 heteroatoms. The fourth-order valence-electron chi connectivity index (χ4n) is 2.19. The van der Waals surface area contributed by atoms with E-state index in [0.717, 1.165) is 34.7 Å². The Morgan fingerprint density at radius 1 is 1.11 bits per heavy atom. The van der Waals surface area contributed by atoms with Gasteiger partial charge < -0.3 is 4.98 Å². The quantitative estimate of drug-likeness (QED) is 0.729. The minimum absolute atomic E-state index is 0.300. The Kier molecular flexibility index (Phi) is 2.95. The summed E-state index contributed by atoms with van der Waals surface area (Å²) in [6.07, 6.45) is 0.733. The second-order valence-electron chi connectivity index (χ2n) is 4.62. The molecule has 96 valence electrons. The van der Waals surface area contributed by atoms with Crippen LogP contribution >= 0.6 is 11.6 Å². The number of imidazole rings is 1. The molecule has 0 atom stereocenters. The van der Waals surface area contributed by atoms with E-state index in [9.17, 15) is 0 Å². The molecule has 0 amide bonds. The van der Waals surface area contributed by atoms with Crippen molar-refractivity contribution in [2.75, 3.05) is 0 Å². The van der Waals surface area contributed by atoms with E-state index in [-0.39, 0.29) is 0 Å². The topological polar surface area (TPSA) is 54.5 Å². The first-order valence-corrected chi connectivity index (χ1v) is 6.43. The van der Waals surface area contributed by atoms with Gasteiger partial charge in [0.05, 0.1) is 11.0 Å². The number of benzene rings is 1. The van der Waals surface area contributed by atoms with Crippen LogP contribution in [-0.2, 0) is 6.42 Å². The Balaban J connectivity index is 1.95. The Bertz CT molecular complexity index is 728. The van der Waals surface area contributed by atoms with E-state index in [1.54, 1.807) is 0 Å². The van der Waals surface area contributed by atoms with Gasteiger partial charge in [0.15, 0.2) is 0 Å². The average Bonchev–Trinajstić information content (AvgIpc) is 2.67. The van der Waals surface area contributed by atoms with Gasteiger partial charge in [-0.15, -0.1) is 0 Å². The zero-order valence-electron chi connectivity index (χ0n) is 10.7. The van der Waals surface area contributed by atoms with Crippen molar-refractivity contribution < 1.29 is 0 Å². The minimum atomic E-state index is 0.300. The number of hydrogen-bond acceptors (Lipinski definition) is 3. The van der Waals surface area contributed by atoms with Gasteiger partial charge in [0.25, 0.3) is 0 Å². The Hall–Kier alpha value is -1.94. The van der Waals surface area contributed by atoms with Crippen LogP contribution in [0.5, 0.6) is 0 Å². The summed E-state index contributed by atoms with van der Waals surface area (Å²) in [7, 11) is 0. The lowest BCUT2D eigenvalue weighted by Crippen LogP contribution is -1.96. The molecule has 0 aliphatic carbocycles. The van der Waals surface area contributed by atoms with Crippen LogP contribution in [0.2, 0.25) is 5.28 Å². The number of rotatable bonds is 2. The zero-order valence-corrected chi connectivity index (χ0v) is 11.5. The zero-order chi connectivity index (χ0) is 13.4. The van der Waals surface area contributed by atoms with Gasteiger partial charge in [-0.2, -0.15) is 0 Å². The molecular weight excluding hydrogens is 260 g/mol. The number of aryl methyl sites for hydroxylation is 2. The van der Waals surface area contributed by atoms with Crippen molar-refractivity contribution in [3.8, 4) is 0 Å². The van der Waals surface area contributed by atoms with E-state index in [2.05, 4.69) is 32.1 Å². The van der Waals surface area contributed by atoms with E-state index in [1.165, 1.54) is 5.56 Å². The van der Waals surface area contributed by atoms with Crippen LogP contribution in [0.4, 0.5) is 0 Å². The highest BCUT2D eigenvalue weighted by molar-refractivity contribution is 6.28. The van der Waals surface area contributed by atoms with E-state index >= 15 is 0 Å². The molecule has 3 rings (SSSR count). The van der Waals surface area contributed by atoms with E-state index in [1.807, 2.05) is 26.0 Å². The summed E-state index contributed by atoms with van der Waals surface area (Å²) in [4.78, 5) is 15.9. The molecule has 0 bridgehead atoms.